The fraction of sp³-hybridized carbons (Fsp3) is 0.444. The molecule has 0 radical (unpaired) electrons. The molecule has 1 aromatic heterocycles. The number of aryl methyl sites for hydroxylation is 1. The number of ether oxygens (including phenoxy) is 1. The summed E-state index contributed by atoms with van der Waals surface area (Å²) >= 11 is 0. The molecule has 1 amide bonds. The van der Waals surface area contributed by atoms with E-state index in [-0.39, 0.29) is 23.4 Å². The summed E-state index contributed by atoms with van der Waals surface area (Å²) in [7, 11) is 1.79. The molecule has 0 aliphatic carbocycles. The van der Waals surface area contributed by atoms with Crippen LogP contribution in [0.3, 0.4) is 0 Å². The van der Waals surface area contributed by atoms with Crippen LogP contribution >= 0.6 is 0 Å². The van der Waals surface area contributed by atoms with Crippen LogP contribution in [0.1, 0.15) is 5.69 Å². The number of hydrogen-bond acceptors (Lipinski definition) is 4. The second kappa shape index (κ2) is 5.91. The Kier molecular flexibility index (Phi) is 3.83. The molecule has 5 nitrogen and oxygen atoms in total. The zero-order valence-electron chi connectivity index (χ0n) is 14.1. The highest BCUT2D eigenvalue weighted by Crippen LogP contribution is 2.32. The number of rotatable bonds is 1. The molecule has 2 fully saturated rings. The highest BCUT2D eigenvalue weighted by Gasteiger charge is 2.37. The van der Waals surface area contributed by atoms with Gasteiger partial charge < -0.3 is 14.5 Å². The summed E-state index contributed by atoms with van der Waals surface area (Å²) < 4.78 is 33.6. The average Bonchev–Trinajstić information content (AvgIpc) is 2.73. The predicted octanol–water partition coefficient (Wildman–Crippen LogP) is 2.11. The Morgan fingerprint density at radius 1 is 1.20 bits per heavy atom. The minimum atomic E-state index is -0.675. The summed E-state index contributed by atoms with van der Waals surface area (Å²) in [6.45, 7) is 3.61. The molecule has 0 unspecified atom stereocenters. The molecule has 0 N–H and O–H groups in total. The van der Waals surface area contributed by atoms with Crippen LogP contribution in [0.2, 0.25) is 0 Å². The SMILES string of the molecule is Cc1cc(N2C[C@@H]3COC[C@H](C2)N(C)C3=O)c2cc(F)cc(F)c2n1. The summed E-state index contributed by atoms with van der Waals surface area (Å²) in [5.41, 5.74) is 1.51. The van der Waals surface area contributed by atoms with Crippen molar-refractivity contribution < 1.29 is 18.3 Å². The van der Waals surface area contributed by atoms with E-state index in [1.165, 1.54) is 6.07 Å². The van der Waals surface area contributed by atoms with Crippen molar-refractivity contribution in [2.45, 2.75) is 13.0 Å². The van der Waals surface area contributed by atoms with Crippen LogP contribution in [-0.4, -0.2) is 55.2 Å². The first-order valence-electron chi connectivity index (χ1n) is 8.30. The van der Waals surface area contributed by atoms with Gasteiger partial charge >= 0.3 is 0 Å². The minimum Gasteiger partial charge on any atom is -0.378 e. The molecule has 25 heavy (non-hydrogen) atoms. The number of nitrogens with zero attached hydrogens (tertiary/aromatic N) is 3. The summed E-state index contributed by atoms with van der Waals surface area (Å²) in [6.07, 6.45) is 0. The van der Waals surface area contributed by atoms with E-state index < -0.39 is 11.6 Å². The lowest BCUT2D eigenvalue weighted by Gasteiger charge is -2.31. The van der Waals surface area contributed by atoms with E-state index in [1.807, 2.05) is 11.0 Å². The Hall–Kier alpha value is -2.28. The number of benzene rings is 1. The zero-order valence-corrected chi connectivity index (χ0v) is 14.1. The van der Waals surface area contributed by atoms with E-state index in [0.29, 0.717) is 43.1 Å². The van der Waals surface area contributed by atoms with Crippen molar-refractivity contribution >= 4 is 22.5 Å². The normalized spacial score (nSPS) is 23.9. The first kappa shape index (κ1) is 16.2. The van der Waals surface area contributed by atoms with Crippen LogP contribution in [0.4, 0.5) is 14.5 Å². The molecular formula is C18H19F2N3O2. The number of anilines is 1. The minimum absolute atomic E-state index is 0.0532. The van der Waals surface area contributed by atoms with E-state index in [4.69, 9.17) is 4.74 Å². The molecule has 2 bridgehead atoms. The highest BCUT2D eigenvalue weighted by atomic mass is 19.1. The molecule has 0 saturated carbocycles. The zero-order chi connectivity index (χ0) is 17.7. The third kappa shape index (κ3) is 2.72. The van der Waals surface area contributed by atoms with Gasteiger partial charge in [-0.25, -0.2) is 13.8 Å². The van der Waals surface area contributed by atoms with E-state index in [2.05, 4.69) is 4.98 Å². The van der Waals surface area contributed by atoms with Gasteiger partial charge in [-0.3, -0.25) is 4.79 Å². The Bertz CT molecular complexity index is 858. The Labute approximate surface area is 144 Å². The molecule has 2 aliphatic rings. The third-order valence-electron chi connectivity index (χ3n) is 5.02. The van der Waals surface area contributed by atoms with Gasteiger partial charge in [-0.05, 0) is 19.1 Å². The number of pyridine rings is 1. The average molecular weight is 347 g/mol. The van der Waals surface area contributed by atoms with Crippen LogP contribution in [0.15, 0.2) is 18.2 Å². The Morgan fingerprint density at radius 2 is 2.00 bits per heavy atom. The number of hydrogen-bond donors (Lipinski definition) is 0. The Balaban J connectivity index is 1.86. The van der Waals surface area contributed by atoms with Gasteiger partial charge in [0.15, 0.2) is 5.82 Å². The quantitative estimate of drug-likeness (QED) is 0.793. The standard InChI is InChI=1S/C18H19F2N3O2/c1-10-3-16(14-4-12(19)5-15(20)17(14)21-10)23-6-11-8-25-9-13(7-23)22(2)18(11)24/h3-5,11,13H,6-9H2,1-2H3/t11-,13+/m1/s1. The fourth-order valence-corrected chi connectivity index (χ4v) is 3.72. The summed E-state index contributed by atoms with van der Waals surface area (Å²) in [5.74, 6) is -1.55. The maximum absolute atomic E-state index is 14.2. The monoisotopic (exact) mass is 347 g/mol. The van der Waals surface area contributed by atoms with Crippen LogP contribution in [0.5, 0.6) is 0 Å². The lowest BCUT2D eigenvalue weighted by atomic mass is 10.1. The predicted molar refractivity (Wildman–Crippen MR) is 89.5 cm³/mol. The molecule has 0 spiro atoms. The third-order valence-corrected chi connectivity index (χ3v) is 5.02. The lowest BCUT2D eigenvalue weighted by Crippen LogP contribution is -2.43. The molecule has 2 aliphatic heterocycles. The van der Waals surface area contributed by atoms with Gasteiger partial charge in [-0.1, -0.05) is 0 Å². The van der Waals surface area contributed by atoms with Crippen LogP contribution in [0.25, 0.3) is 10.9 Å². The lowest BCUT2D eigenvalue weighted by molar-refractivity contribution is -0.133. The number of aromatic nitrogens is 1. The van der Waals surface area contributed by atoms with E-state index in [9.17, 15) is 13.6 Å². The van der Waals surface area contributed by atoms with Gasteiger partial charge in [0.1, 0.15) is 11.3 Å². The number of likely N-dealkylation sites (N-methyl/N-ethyl adjacent to an activating group) is 1. The first-order chi connectivity index (χ1) is 11.9. The topological polar surface area (TPSA) is 45.7 Å². The number of halogens is 2. The molecule has 1 aromatic carbocycles. The van der Waals surface area contributed by atoms with Gasteiger partial charge in [0.05, 0.1) is 25.2 Å². The maximum atomic E-state index is 14.2. The molecular weight excluding hydrogens is 328 g/mol. The van der Waals surface area contributed by atoms with Gasteiger partial charge in [-0.2, -0.15) is 0 Å². The molecule has 2 aromatic rings. The van der Waals surface area contributed by atoms with Gasteiger partial charge in [0.25, 0.3) is 0 Å². The van der Waals surface area contributed by atoms with Crippen molar-refractivity contribution in [3.05, 3.63) is 35.5 Å². The van der Waals surface area contributed by atoms with Crippen LogP contribution < -0.4 is 4.90 Å². The van der Waals surface area contributed by atoms with E-state index in [0.717, 1.165) is 6.07 Å². The summed E-state index contributed by atoms with van der Waals surface area (Å²) in [4.78, 5) is 20.5. The molecule has 2 saturated heterocycles. The van der Waals surface area contributed by atoms with Crippen molar-refractivity contribution in [2.24, 2.45) is 5.92 Å². The molecule has 3 heterocycles. The molecule has 2 atom stereocenters. The van der Waals surface area contributed by atoms with E-state index in [1.54, 1.807) is 18.9 Å². The van der Waals surface area contributed by atoms with Gasteiger partial charge in [-0.15, -0.1) is 0 Å². The fourth-order valence-electron chi connectivity index (χ4n) is 3.72. The van der Waals surface area contributed by atoms with Crippen LogP contribution in [0, 0.1) is 24.5 Å². The second-order valence-corrected chi connectivity index (χ2v) is 6.81. The number of fused-ring (bicyclic) bond motifs is 4. The number of amides is 1. The van der Waals surface area contributed by atoms with Gasteiger partial charge in [0.2, 0.25) is 5.91 Å². The van der Waals surface area contributed by atoms with Crippen molar-refractivity contribution in [3.63, 3.8) is 0 Å². The van der Waals surface area contributed by atoms with Crippen molar-refractivity contribution in [2.75, 3.05) is 38.3 Å². The summed E-state index contributed by atoms with van der Waals surface area (Å²) in [5, 5.41) is 0.430. The largest absolute Gasteiger partial charge is 0.378 e. The van der Waals surface area contributed by atoms with E-state index >= 15 is 0 Å². The number of carbonyl (C=O) groups is 1. The second-order valence-electron chi connectivity index (χ2n) is 6.81. The highest BCUT2D eigenvalue weighted by molar-refractivity contribution is 5.93. The van der Waals surface area contributed by atoms with Crippen molar-refractivity contribution in [3.8, 4) is 0 Å². The van der Waals surface area contributed by atoms with Gasteiger partial charge in [0, 0.05) is 43.0 Å². The Morgan fingerprint density at radius 3 is 2.80 bits per heavy atom. The first-order valence-corrected chi connectivity index (χ1v) is 8.30. The molecule has 7 heteroatoms. The van der Waals surface area contributed by atoms with Crippen molar-refractivity contribution in [1.82, 2.24) is 9.88 Å². The number of carbonyl (C=O) groups excluding carboxylic acids is 1. The maximum Gasteiger partial charge on any atom is 0.229 e. The molecule has 4 rings (SSSR count). The summed E-state index contributed by atoms with van der Waals surface area (Å²) in [6, 6.07) is 3.89. The molecule has 132 valence electrons. The van der Waals surface area contributed by atoms with Crippen molar-refractivity contribution in [1.29, 1.82) is 0 Å². The smallest absolute Gasteiger partial charge is 0.229 e. The van der Waals surface area contributed by atoms with Crippen LogP contribution in [-0.2, 0) is 9.53 Å².